The molecule has 0 saturated carbocycles. The van der Waals surface area contributed by atoms with Crippen molar-refractivity contribution in [1.82, 2.24) is 5.32 Å². The predicted octanol–water partition coefficient (Wildman–Crippen LogP) is 4.58. The van der Waals surface area contributed by atoms with Gasteiger partial charge in [-0.1, -0.05) is 44.2 Å². The summed E-state index contributed by atoms with van der Waals surface area (Å²) in [5, 5.41) is 3.59. The van der Waals surface area contributed by atoms with Crippen molar-refractivity contribution >= 4 is 17.5 Å². The second-order valence-electron chi connectivity index (χ2n) is 5.74. The van der Waals surface area contributed by atoms with Gasteiger partial charge in [0.25, 0.3) is 5.91 Å². The average Bonchev–Trinajstić information content (AvgIpc) is 2.44. The third kappa shape index (κ3) is 6.85. The maximum absolute atomic E-state index is 12.2. The lowest BCUT2D eigenvalue weighted by atomic mass is 10.1. The van der Waals surface area contributed by atoms with Crippen molar-refractivity contribution in [3.8, 4) is 5.75 Å². The summed E-state index contributed by atoms with van der Waals surface area (Å²) < 4.78 is 5.74. The summed E-state index contributed by atoms with van der Waals surface area (Å²) in [4.78, 5) is 12.2. The van der Waals surface area contributed by atoms with Crippen LogP contribution in [0.4, 0.5) is 0 Å². The van der Waals surface area contributed by atoms with Gasteiger partial charge in [-0.05, 0) is 44.5 Å². The number of nitrogens with one attached hydrogen (secondary N) is 1. The van der Waals surface area contributed by atoms with Crippen LogP contribution >= 0.6 is 11.6 Å². The van der Waals surface area contributed by atoms with Crippen molar-refractivity contribution in [1.29, 1.82) is 0 Å². The van der Waals surface area contributed by atoms with Gasteiger partial charge in [0.15, 0.2) is 5.60 Å². The molecule has 0 aliphatic carbocycles. The Morgan fingerprint density at radius 3 is 2.38 bits per heavy atom. The largest absolute Gasteiger partial charge is 0.478 e. The maximum atomic E-state index is 12.2. The normalized spacial score (nSPS) is 11.2. The lowest BCUT2D eigenvalue weighted by Gasteiger charge is -2.25. The molecule has 0 radical (unpaired) electrons. The van der Waals surface area contributed by atoms with Crippen molar-refractivity contribution in [2.45, 2.75) is 58.5 Å². The van der Waals surface area contributed by atoms with Crippen LogP contribution in [0.15, 0.2) is 24.3 Å². The van der Waals surface area contributed by atoms with E-state index in [0.29, 0.717) is 17.3 Å². The number of hydrogen-bond donors (Lipinski definition) is 1. The average molecular weight is 312 g/mol. The number of unbranched alkanes of at least 4 members (excludes halogenated alkanes) is 4. The van der Waals surface area contributed by atoms with Crippen molar-refractivity contribution in [3.63, 3.8) is 0 Å². The molecule has 0 spiro atoms. The number of hydrogen-bond acceptors (Lipinski definition) is 2. The maximum Gasteiger partial charge on any atom is 0.263 e. The van der Waals surface area contributed by atoms with Gasteiger partial charge in [-0.15, -0.1) is 0 Å². The number of carbonyl (C=O) groups is 1. The van der Waals surface area contributed by atoms with Crippen LogP contribution in [0.25, 0.3) is 0 Å². The zero-order chi connectivity index (χ0) is 15.7. The number of rotatable bonds is 9. The van der Waals surface area contributed by atoms with Gasteiger partial charge >= 0.3 is 0 Å². The first kappa shape index (κ1) is 17.8. The summed E-state index contributed by atoms with van der Waals surface area (Å²) in [5.74, 6) is 0.551. The smallest absolute Gasteiger partial charge is 0.263 e. The number of ether oxygens (including phenoxy) is 1. The lowest BCUT2D eigenvalue weighted by molar-refractivity contribution is -0.134. The fourth-order valence-electron chi connectivity index (χ4n) is 1.99. The third-order valence-corrected chi connectivity index (χ3v) is 3.55. The molecule has 3 nitrogen and oxygen atoms in total. The van der Waals surface area contributed by atoms with Crippen LogP contribution in [-0.2, 0) is 4.79 Å². The molecule has 0 aliphatic heterocycles. The molecule has 1 aromatic rings. The third-order valence-electron chi connectivity index (χ3n) is 3.30. The Morgan fingerprint density at radius 2 is 1.76 bits per heavy atom. The molecule has 0 heterocycles. The summed E-state index contributed by atoms with van der Waals surface area (Å²) in [5.41, 5.74) is -0.892. The summed E-state index contributed by atoms with van der Waals surface area (Å²) in [6, 6.07) is 7.03. The zero-order valence-corrected chi connectivity index (χ0v) is 14.0. The summed E-state index contributed by atoms with van der Waals surface area (Å²) in [6.45, 7) is 6.44. The van der Waals surface area contributed by atoms with Crippen LogP contribution < -0.4 is 10.1 Å². The second kappa shape index (κ2) is 8.93. The van der Waals surface area contributed by atoms with E-state index < -0.39 is 5.60 Å². The van der Waals surface area contributed by atoms with Crippen LogP contribution in [0.3, 0.4) is 0 Å². The fraction of sp³-hybridized carbons (Fsp3) is 0.588. The molecule has 0 fully saturated rings. The second-order valence-corrected chi connectivity index (χ2v) is 6.17. The Labute approximate surface area is 133 Å². The monoisotopic (exact) mass is 311 g/mol. The van der Waals surface area contributed by atoms with E-state index in [1.807, 2.05) is 0 Å². The molecule has 21 heavy (non-hydrogen) atoms. The minimum Gasteiger partial charge on any atom is -0.478 e. The standard InChI is InChI=1S/C17H26ClNO2/c1-4-5-6-7-8-13-19-16(20)17(2,3)21-15-11-9-14(18)10-12-15/h9-12H,4-8,13H2,1-3H3,(H,19,20). The molecule has 1 rings (SSSR count). The molecule has 4 heteroatoms. The van der Waals surface area contributed by atoms with E-state index in [-0.39, 0.29) is 5.91 Å². The highest BCUT2D eigenvalue weighted by molar-refractivity contribution is 6.30. The van der Waals surface area contributed by atoms with Crippen molar-refractivity contribution in [2.24, 2.45) is 0 Å². The Balaban J connectivity index is 2.35. The molecule has 0 aromatic heterocycles. The zero-order valence-electron chi connectivity index (χ0n) is 13.2. The first-order valence-electron chi connectivity index (χ1n) is 7.68. The van der Waals surface area contributed by atoms with E-state index in [4.69, 9.17) is 16.3 Å². The molecule has 1 amide bonds. The van der Waals surface area contributed by atoms with Crippen LogP contribution in [-0.4, -0.2) is 18.1 Å². The molecule has 0 saturated heterocycles. The SMILES string of the molecule is CCCCCCCNC(=O)C(C)(C)Oc1ccc(Cl)cc1. The van der Waals surface area contributed by atoms with Gasteiger partial charge in [-0.25, -0.2) is 0 Å². The van der Waals surface area contributed by atoms with Gasteiger partial charge in [0.2, 0.25) is 0 Å². The molecule has 1 aromatic carbocycles. The molecule has 0 bridgehead atoms. The number of amides is 1. The lowest BCUT2D eigenvalue weighted by Crippen LogP contribution is -2.46. The van der Waals surface area contributed by atoms with E-state index in [9.17, 15) is 4.79 Å². The minimum absolute atomic E-state index is 0.0899. The fourth-order valence-corrected chi connectivity index (χ4v) is 2.11. The molecule has 0 atom stereocenters. The summed E-state index contributed by atoms with van der Waals surface area (Å²) in [7, 11) is 0. The molecule has 118 valence electrons. The highest BCUT2D eigenvalue weighted by atomic mass is 35.5. The van der Waals surface area contributed by atoms with Crippen LogP contribution in [0.5, 0.6) is 5.75 Å². The van der Waals surface area contributed by atoms with Gasteiger partial charge < -0.3 is 10.1 Å². The molecular weight excluding hydrogens is 286 g/mol. The quantitative estimate of drug-likeness (QED) is 0.678. The van der Waals surface area contributed by atoms with Crippen molar-refractivity contribution in [3.05, 3.63) is 29.3 Å². The molecule has 1 N–H and O–H groups in total. The van der Waals surface area contributed by atoms with Gasteiger partial charge in [-0.3, -0.25) is 4.79 Å². The number of halogens is 1. The van der Waals surface area contributed by atoms with E-state index in [1.165, 1.54) is 19.3 Å². The van der Waals surface area contributed by atoms with Gasteiger partial charge in [-0.2, -0.15) is 0 Å². The molecule has 0 unspecified atom stereocenters. The van der Waals surface area contributed by atoms with E-state index >= 15 is 0 Å². The van der Waals surface area contributed by atoms with Crippen LogP contribution in [0.2, 0.25) is 5.02 Å². The minimum atomic E-state index is -0.892. The van der Waals surface area contributed by atoms with E-state index in [2.05, 4.69) is 12.2 Å². The van der Waals surface area contributed by atoms with E-state index in [0.717, 1.165) is 12.8 Å². The highest BCUT2D eigenvalue weighted by Crippen LogP contribution is 2.21. The van der Waals surface area contributed by atoms with Crippen LogP contribution in [0.1, 0.15) is 52.9 Å². The van der Waals surface area contributed by atoms with E-state index in [1.54, 1.807) is 38.1 Å². The Kier molecular flexibility index (Phi) is 7.58. The Bertz CT molecular complexity index is 429. The molecule has 0 aliphatic rings. The Morgan fingerprint density at radius 1 is 1.14 bits per heavy atom. The number of benzene rings is 1. The first-order chi connectivity index (χ1) is 9.95. The molecular formula is C17H26ClNO2. The Hall–Kier alpha value is -1.22. The van der Waals surface area contributed by atoms with Crippen molar-refractivity contribution < 1.29 is 9.53 Å². The predicted molar refractivity (Wildman–Crippen MR) is 87.9 cm³/mol. The van der Waals surface area contributed by atoms with Gasteiger partial charge in [0, 0.05) is 11.6 Å². The van der Waals surface area contributed by atoms with Gasteiger partial charge in [0.05, 0.1) is 0 Å². The van der Waals surface area contributed by atoms with Crippen LogP contribution in [0, 0.1) is 0 Å². The summed E-state index contributed by atoms with van der Waals surface area (Å²) >= 11 is 5.83. The highest BCUT2D eigenvalue weighted by Gasteiger charge is 2.29. The first-order valence-corrected chi connectivity index (χ1v) is 8.06. The summed E-state index contributed by atoms with van der Waals surface area (Å²) in [6.07, 6.45) is 5.90. The number of carbonyl (C=O) groups excluding carboxylic acids is 1. The topological polar surface area (TPSA) is 38.3 Å². The van der Waals surface area contributed by atoms with Crippen molar-refractivity contribution in [2.75, 3.05) is 6.54 Å². The van der Waals surface area contributed by atoms with Gasteiger partial charge in [0.1, 0.15) is 5.75 Å².